The van der Waals surface area contributed by atoms with Gasteiger partial charge in [0.15, 0.2) is 0 Å². The fourth-order valence-electron chi connectivity index (χ4n) is 1.99. The molecule has 2 amide bonds. The number of aliphatic carboxylic acids is 1. The molecule has 0 aromatic heterocycles. The Morgan fingerprint density at radius 3 is 2.40 bits per heavy atom. The molecule has 1 saturated heterocycles. The second kappa shape index (κ2) is 5.00. The summed E-state index contributed by atoms with van der Waals surface area (Å²) in [6, 6.07) is -0.375. The first-order chi connectivity index (χ1) is 7.00. The predicted octanol–water partition coefficient (Wildman–Crippen LogP) is 0.888. The number of amides is 2. The van der Waals surface area contributed by atoms with E-state index in [1.165, 1.54) is 0 Å². The van der Waals surface area contributed by atoms with Crippen molar-refractivity contribution >= 4 is 12.0 Å². The zero-order valence-corrected chi connectivity index (χ0v) is 8.98. The number of hydrogen-bond acceptors (Lipinski definition) is 2. The zero-order valence-electron chi connectivity index (χ0n) is 8.98. The summed E-state index contributed by atoms with van der Waals surface area (Å²) in [6.07, 6.45) is 2.42. The van der Waals surface area contributed by atoms with Gasteiger partial charge in [0, 0.05) is 13.1 Å². The van der Waals surface area contributed by atoms with E-state index in [1.54, 1.807) is 11.8 Å². The Morgan fingerprint density at radius 1 is 1.47 bits per heavy atom. The van der Waals surface area contributed by atoms with Crippen molar-refractivity contribution in [2.45, 2.75) is 26.2 Å². The van der Waals surface area contributed by atoms with Gasteiger partial charge in [-0.2, -0.15) is 0 Å². The molecule has 0 aliphatic carbocycles. The molecule has 5 nitrogen and oxygen atoms in total. The summed E-state index contributed by atoms with van der Waals surface area (Å²) in [6.45, 7) is 3.04. The topological polar surface area (TPSA) is 83.6 Å². The number of carbonyl (C=O) groups is 2. The van der Waals surface area contributed by atoms with Crippen molar-refractivity contribution in [1.82, 2.24) is 4.90 Å². The summed E-state index contributed by atoms with van der Waals surface area (Å²) in [7, 11) is 0. The van der Waals surface area contributed by atoms with E-state index >= 15 is 0 Å². The second-order valence-corrected chi connectivity index (χ2v) is 4.24. The molecule has 0 saturated carbocycles. The van der Waals surface area contributed by atoms with Gasteiger partial charge >= 0.3 is 12.0 Å². The van der Waals surface area contributed by atoms with Gasteiger partial charge in [0.05, 0.1) is 5.92 Å². The number of rotatable bonds is 3. The maximum absolute atomic E-state index is 10.8. The van der Waals surface area contributed by atoms with Gasteiger partial charge < -0.3 is 15.7 Å². The summed E-state index contributed by atoms with van der Waals surface area (Å²) in [5, 5.41) is 8.77. The van der Waals surface area contributed by atoms with Crippen LogP contribution in [0.1, 0.15) is 26.2 Å². The van der Waals surface area contributed by atoms with E-state index in [9.17, 15) is 9.59 Å². The van der Waals surface area contributed by atoms with Gasteiger partial charge in [-0.1, -0.05) is 6.92 Å². The minimum Gasteiger partial charge on any atom is -0.481 e. The van der Waals surface area contributed by atoms with Crippen LogP contribution in [0, 0.1) is 11.8 Å². The molecule has 0 spiro atoms. The molecular formula is C10H18N2O3. The molecule has 86 valence electrons. The van der Waals surface area contributed by atoms with Crippen molar-refractivity contribution in [3.8, 4) is 0 Å². The molecule has 1 fully saturated rings. The molecular weight excluding hydrogens is 196 g/mol. The summed E-state index contributed by atoms with van der Waals surface area (Å²) >= 11 is 0. The van der Waals surface area contributed by atoms with Crippen LogP contribution < -0.4 is 5.73 Å². The number of likely N-dealkylation sites (tertiary alicyclic amines) is 1. The molecule has 0 aromatic rings. The van der Waals surface area contributed by atoms with E-state index < -0.39 is 5.97 Å². The van der Waals surface area contributed by atoms with Crippen LogP contribution in [-0.4, -0.2) is 35.1 Å². The van der Waals surface area contributed by atoms with Gasteiger partial charge in [-0.25, -0.2) is 4.79 Å². The molecule has 1 unspecified atom stereocenters. The Kier molecular flexibility index (Phi) is 3.94. The van der Waals surface area contributed by atoms with Crippen LogP contribution >= 0.6 is 0 Å². The lowest BCUT2D eigenvalue weighted by molar-refractivity contribution is -0.141. The SMILES string of the molecule is CC(CC1CCN(C(N)=O)CC1)C(=O)O. The van der Waals surface area contributed by atoms with Gasteiger partial charge in [0.2, 0.25) is 0 Å². The molecule has 1 heterocycles. The molecule has 0 aromatic carbocycles. The van der Waals surface area contributed by atoms with Crippen LogP contribution in [0.4, 0.5) is 4.79 Å². The average molecular weight is 214 g/mol. The molecule has 1 rings (SSSR count). The first kappa shape index (κ1) is 11.8. The summed E-state index contributed by atoms with van der Waals surface area (Å²) in [4.78, 5) is 23.1. The van der Waals surface area contributed by atoms with Gasteiger partial charge in [0.1, 0.15) is 0 Å². The molecule has 15 heavy (non-hydrogen) atoms. The third-order valence-corrected chi connectivity index (χ3v) is 3.03. The number of carboxylic acid groups (broad SMARTS) is 1. The van der Waals surface area contributed by atoms with Crippen LogP contribution in [0.3, 0.4) is 0 Å². The summed E-state index contributed by atoms with van der Waals surface area (Å²) in [5.74, 6) is -0.630. The van der Waals surface area contributed by atoms with Gasteiger partial charge in [-0.05, 0) is 25.2 Å². The van der Waals surface area contributed by atoms with Gasteiger partial charge in [-0.15, -0.1) is 0 Å². The normalized spacial score (nSPS) is 19.9. The van der Waals surface area contributed by atoms with E-state index in [2.05, 4.69) is 0 Å². The highest BCUT2D eigenvalue weighted by Gasteiger charge is 2.24. The van der Waals surface area contributed by atoms with Crippen LogP contribution in [0.25, 0.3) is 0 Å². The number of carboxylic acids is 1. The number of piperidine rings is 1. The van der Waals surface area contributed by atoms with Gasteiger partial charge in [-0.3, -0.25) is 4.79 Å². The molecule has 1 atom stereocenters. The summed E-state index contributed by atoms with van der Waals surface area (Å²) in [5.41, 5.74) is 5.15. The van der Waals surface area contributed by atoms with Crippen LogP contribution in [0.15, 0.2) is 0 Å². The fourth-order valence-corrected chi connectivity index (χ4v) is 1.99. The molecule has 5 heteroatoms. The third kappa shape index (κ3) is 3.42. The van der Waals surface area contributed by atoms with E-state index in [-0.39, 0.29) is 11.9 Å². The largest absolute Gasteiger partial charge is 0.481 e. The predicted molar refractivity (Wildman–Crippen MR) is 55.3 cm³/mol. The van der Waals surface area contributed by atoms with Crippen molar-refractivity contribution in [2.75, 3.05) is 13.1 Å². The molecule has 1 aliphatic heterocycles. The highest BCUT2D eigenvalue weighted by Crippen LogP contribution is 2.24. The second-order valence-electron chi connectivity index (χ2n) is 4.24. The van der Waals surface area contributed by atoms with Crippen LogP contribution in [0.2, 0.25) is 0 Å². The fraction of sp³-hybridized carbons (Fsp3) is 0.800. The Balaban J connectivity index is 2.31. The van der Waals surface area contributed by atoms with E-state index in [0.717, 1.165) is 12.8 Å². The quantitative estimate of drug-likeness (QED) is 0.731. The summed E-state index contributed by atoms with van der Waals surface area (Å²) < 4.78 is 0. The Hall–Kier alpha value is -1.26. The van der Waals surface area contributed by atoms with E-state index in [4.69, 9.17) is 10.8 Å². The third-order valence-electron chi connectivity index (χ3n) is 3.03. The van der Waals surface area contributed by atoms with Crippen molar-refractivity contribution in [1.29, 1.82) is 0 Å². The van der Waals surface area contributed by atoms with Crippen molar-refractivity contribution in [2.24, 2.45) is 17.6 Å². The highest BCUT2D eigenvalue weighted by molar-refractivity contribution is 5.72. The molecule has 0 radical (unpaired) electrons. The maximum Gasteiger partial charge on any atom is 0.314 e. The smallest absolute Gasteiger partial charge is 0.314 e. The lowest BCUT2D eigenvalue weighted by Gasteiger charge is -2.31. The highest BCUT2D eigenvalue weighted by atomic mass is 16.4. The molecule has 3 N–H and O–H groups in total. The zero-order chi connectivity index (χ0) is 11.4. The Morgan fingerprint density at radius 2 is 2.00 bits per heavy atom. The molecule has 1 aliphatic rings. The van der Waals surface area contributed by atoms with Crippen LogP contribution in [-0.2, 0) is 4.79 Å². The van der Waals surface area contributed by atoms with Crippen LogP contribution in [0.5, 0.6) is 0 Å². The Labute approximate surface area is 89.2 Å². The maximum atomic E-state index is 10.8. The number of nitrogens with two attached hydrogens (primary N) is 1. The van der Waals surface area contributed by atoms with E-state index in [1.807, 2.05) is 0 Å². The lowest BCUT2D eigenvalue weighted by atomic mass is 9.88. The number of nitrogens with zero attached hydrogens (tertiary/aromatic N) is 1. The monoisotopic (exact) mass is 214 g/mol. The van der Waals surface area contributed by atoms with Crippen molar-refractivity contribution in [3.05, 3.63) is 0 Å². The minimum atomic E-state index is -0.743. The van der Waals surface area contributed by atoms with Crippen molar-refractivity contribution < 1.29 is 14.7 Å². The lowest BCUT2D eigenvalue weighted by Crippen LogP contribution is -2.42. The number of primary amides is 1. The Bertz CT molecular complexity index is 247. The molecule has 0 bridgehead atoms. The standard InChI is InChI=1S/C10H18N2O3/c1-7(9(13)14)6-8-2-4-12(5-3-8)10(11)15/h7-8H,2-6H2,1H3,(H2,11,15)(H,13,14). The van der Waals surface area contributed by atoms with Crippen molar-refractivity contribution in [3.63, 3.8) is 0 Å². The minimum absolute atomic E-state index is 0.296. The number of carbonyl (C=O) groups excluding carboxylic acids is 1. The van der Waals surface area contributed by atoms with Gasteiger partial charge in [0.25, 0.3) is 0 Å². The first-order valence-corrected chi connectivity index (χ1v) is 5.28. The number of hydrogen-bond donors (Lipinski definition) is 2. The number of urea groups is 1. The van der Waals surface area contributed by atoms with E-state index in [0.29, 0.717) is 25.4 Å². The average Bonchev–Trinajstić information content (AvgIpc) is 2.18. The first-order valence-electron chi connectivity index (χ1n) is 5.28.